The molecule has 0 saturated carbocycles. The molecule has 5 heteroatoms. The molecule has 0 aromatic heterocycles. The highest BCUT2D eigenvalue weighted by Crippen LogP contribution is 2.21. The first-order chi connectivity index (χ1) is 9.30. The van der Waals surface area contributed by atoms with Crippen LogP contribution in [-0.2, 0) is 25.1 Å². The first-order valence-electron chi connectivity index (χ1n) is 6.45. The highest BCUT2D eigenvalue weighted by atomic mass is 32.2. The summed E-state index contributed by atoms with van der Waals surface area (Å²) in [5.41, 5.74) is -0.401. The largest absolute Gasteiger partial charge is 0.465 e. The topological polar surface area (TPSA) is 60.4 Å². The van der Waals surface area contributed by atoms with Crippen LogP contribution in [0.2, 0.25) is 0 Å². The molecule has 0 fully saturated rings. The fourth-order valence-electron chi connectivity index (χ4n) is 1.61. The van der Waals surface area contributed by atoms with Crippen LogP contribution in [0.3, 0.4) is 0 Å². The summed E-state index contributed by atoms with van der Waals surface area (Å²) >= 11 is 0. The lowest BCUT2D eigenvalue weighted by molar-refractivity contribution is -0.157. The molecule has 110 valence electrons. The number of esters is 1. The van der Waals surface area contributed by atoms with Crippen molar-refractivity contribution in [3.63, 3.8) is 0 Å². The van der Waals surface area contributed by atoms with Gasteiger partial charge in [0.1, 0.15) is 5.41 Å². The summed E-state index contributed by atoms with van der Waals surface area (Å²) in [7, 11) is -1.45. The number of rotatable bonds is 6. The number of benzene rings is 1. The van der Waals surface area contributed by atoms with Gasteiger partial charge in [0.05, 0.1) is 23.2 Å². The molecule has 1 unspecified atom stereocenters. The van der Waals surface area contributed by atoms with E-state index in [1.165, 1.54) is 13.8 Å². The predicted molar refractivity (Wildman–Crippen MR) is 77.9 cm³/mol. The van der Waals surface area contributed by atoms with E-state index >= 15 is 0 Å². The van der Waals surface area contributed by atoms with Gasteiger partial charge < -0.3 is 4.74 Å². The Labute approximate surface area is 122 Å². The van der Waals surface area contributed by atoms with E-state index in [-0.39, 0.29) is 18.1 Å². The van der Waals surface area contributed by atoms with Gasteiger partial charge in [0.25, 0.3) is 0 Å². The van der Waals surface area contributed by atoms with E-state index in [2.05, 4.69) is 0 Å². The van der Waals surface area contributed by atoms with Gasteiger partial charge in [-0.25, -0.2) is 0 Å². The van der Waals surface area contributed by atoms with Crippen LogP contribution in [0.5, 0.6) is 0 Å². The van der Waals surface area contributed by atoms with Crippen molar-refractivity contribution in [2.24, 2.45) is 5.41 Å². The third-order valence-electron chi connectivity index (χ3n) is 3.08. The molecular formula is C15H20O4S. The maximum absolute atomic E-state index is 12.2. The minimum absolute atomic E-state index is 0.184. The van der Waals surface area contributed by atoms with Gasteiger partial charge in [-0.3, -0.25) is 13.8 Å². The average molecular weight is 296 g/mol. The Morgan fingerprint density at radius 2 is 1.85 bits per heavy atom. The smallest absolute Gasteiger partial charge is 0.319 e. The lowest BCUT2D eigenvalue weighted by atomic mass is 9.89. The molecule has 0 N–H and O–H groups in total. The van der Waals surface area contributed by atoms with Crippen LogP contribution >= 0.6 is 0 Å². The average Bonchev–Trinajstić information content (AvgIpc) is 2.39. The minimum atomic E-state index is -1.45. The second-order valence-corrected chi connectivity index (χ2v) is 6.44. The fourth-order valence-corrected chi connectivity index (χ4v) is 3.03. The number of ketones is 1. The molecule has 20 heavy (non-hydrogen) atoms. The molecule has 4 nitrogen and oxygen atoms in total. The minimum Gasteiger partial charge on any atom is -0.465 e. The number of carbonyl (C=O) groups excluding carboxylic acids is 2. The zero-order valence-corrected chi connectivity index (χ0v) is 13.1. The van der Waals surface area contributed by atoms with E-state index in [4.69, 9.17) is 4.74 Å². The molecule has 0 amide bonds. The number of Topliss-reactive ketones (excluding diaryl/α,β-unsaturated/α-hetero) is 1. The fraction of sp³-hybridized carbons (Fsp3) is 0.467. The molecule has 0 aliphatic carbocycles. The van der Waals surface area contributed by atoms with Gasteiger partial charge in [-0.15, -0.1) is 0 Å². The first-order valence-corrected chi connectivity index (χ1v) is 7.77. The van der Waals surface area contributed by atoms with Crippen molar-refractivity contribution in [3.8, 4) is 0 Å². The van der Waals surface area contributed by atoms with Crippen LogP contribution in [0.4, 0.5) is 0 Å². The number of hydrogen-bond donors (Lipinski definition) is 0. The van der Waals surface area contributed by atoms with Crippen molar-refractivity contribution in [2.75, 3.05) is 12.4 Å². The quantitative estimate of drug-likeness (QED) is 0.597. The van der Waals surface area contributed by atoms with Gasteiger partial charge in [-0.05, 0) is 39.3 Å². The molecular weight excluding hydrogens is 276 g/mol. The maximum atomic E-state index is 12.2. The summed E-state index contributed by atoms with van der Waals surface area (Å²) < 4.78 is 17.1. The molecule has 0 heterocycles. The van der Waals surface area contributed by atoms with E-state index in [0.717, 1.165) is 5.56 Å². The van der Waals surface area contributed by atoms with Crippen LogP contribution in [0, 0.1) is 12.3 Å². The van der Waals surface area contributed by atoms with Crippen LogP contribution in [0.1, 0.15) is 26.3 Å². The van der Waals surface area contributed by atoms with Gasteiger partial charge in [0, 0.05) is 4.90 Å². The molecule has 1 aromatic carbocycles. The number of ether oxygens (including phenoxy) is 1. The zero-order valence-electron chi connectivity index (χ0n) is 12.3. The highest BCUT2D eigenvalue weighted by Gasteiger charge is 2.38. The Morgan fingerprint density at radius 3 is 2.40 bits per heavy atom. The molecule has 0 saturated heterocycles. The van der Waals surface area contributed by atoms with Crippen LogP contribution in [0.15, 0.2) is 29.2 Å². The van der Waals surface area contributed by atoms with Crippen molar-refractivity contribution < 1.29 is 18.5 Å². The van der Waals surface area contributed by atoms with E-state index in [0.29, 0.717) is 4.90 Å². The Kier molecular flexibility index (Phi) is 5.62. The van der Waals surface area contributed by atoms with Crippen LogP contribution in [0.25, 0.3) is 0 Å². The van der Waals surface area contributed by atoms with Crippen molar-refractivity contribution in [1.82, 2.24) is 0 Å². The Bertz CT molecular complexity index is 534. The third kappa shape index (κ3) is 3.76. The standard InChI is InChI=1S/C15H20O4S/c1-5-19-14(17)15(3,4)13(16)10-20(18)12-9-7-6-8-11(12)2/h6-9H,5,10H2,1-4H3. The summed E-state index contributed by atoms with van der Waals surface area (Å²) in [5.74, 6) is -1.14. The highest BCUT2D eigenvalue weighted by molar-refractivity contribution is 7.85. The Hall–Kier alpha value is -1.49. The molecule has 1 aromatic rings. The summed E-state index contributed by atoms with van der Waals surface area (Å²) in [6.45, 7) is 6.75. The van der Waals surface area contributed by atoms with Crippen molar-refractivity contribution in [2.45, 2.75) is 32.6 Å². The lowest BCUT2D eigenvalue weighted by Gasteiger charge is -2.20. The van der Waals surface area contributed by atoms with Gasteiger partial charge in [-0.1, -0.05) is 18.2 Å². The number of carbonyl (C=O) groups is 2. The Morgan fingerprint density at radius 1 is 1.25 bits per heavy atom. The normalized spacial score (nSPS) is 12.8. The third-order valence-corrected chi connectivity index (χ3v) is 4.56. The summed E-state index contributed by atoms with van der Waals surface area (Å²) in [4.78, 5) is 24.6. The summed E-state index contributed by atoms with van der Waals surface area (Å²) in [5, 5.41) is 0. The van der Waals surface area contributed by atoms with E-state index in [9.17, 15) is 13.8 Å². The van der Waals surface area contributed by atoms with Gasteiger partial charge in [0.15, 0.2) is 5.78 Å². The van der Waals surface area contributed by atoms with Crippen LogP contribution in [-0.4, -0.2) is 28.3 Å². The second kappa shape index (κ2) is 6.79. The molecule has 0 aliphatic heterocycles. The second-order valence-electron chi connectivity index (χ2n) is 5.02. The predicted octanol–water partition coefficient (Wildman–Crippen LogP) is 2.26. The monoisotopic (exact) mass is 296 g/mol. The van der Waals surface area contributed by atoms with Crippen LogP contribution < -0.4 is 0 Å². The van der Waals surface area contributed by atoms with Crippen molar-refractivity contribution in [3.05, 3.63) is 29.8 Å². The van der Waals surface area contributed by atoms with Crippen molar-refractivity contribution >= 4 is 22.6 Å². The molecule has 0 bridgehead atoms. The molecule has 0 radical (unpaired) electrons. The van der Waals surface area contributed by atoms with Crippen molar-refractivity contribution in [1.29, 1.82) is 0 Å². The molecule has 1 rings (SSSR count). The molecule has 0 aliphatic rings. The van der Waals surface area contributed by atoms with E-state index in [1.807, 2.05) is 19.1 Å². The molecule has 1 atom stereocenters. The summed E-state index contributed by atoms with van der Waals surface area (Å²) in [6, 6.07) is 7.20. The van der Waals surface area contributed by atoms with Gasteiger partial charge >= 0.3 is 5.97 Å². The van der Waals surface area contributed by atoms with Gasteiger partial charge in [0.2, 0.25) is 0 Å². The first kappa shape index (κ1) is 16.6. The summed E-state index contributed by atoms with van der Waals surface area (Å²) in [6.07, 6.45) is 0. The molecule has 0 spiro atoms. The van der Waals surface area contributed by atoms with E-state index < -0.39 is 22.2 Å². The maximum Gasteiger partial charge on any atom is 0.319 e. The SMILES string of the molecule is CCOC(=O)C(C)(C)C(=O)CS(=O)c1ccccc1C. The Balaban J connectivity index is 2.83. The van der Waals surface area contributed by atoms with Gasteiger partial charge in [-0.2, -0.15) is 0 Å². The number of hydrogen-bond acceptors (Lipinski definition) is 4. The zero-order chi connectivity index (χ0) is 15.3. The van der Waals surface area contributed by atoms with E-state index in [1.54, 1.807) is 19.1 Å². The number of aryl methyl sites for hydroxylation is 1. The lowest BCUT2D eigenvalue weighted by Crippen LogP contribution is -2.38.